The van der Waals surface area contributed by atoms with Gasteiger partial charge >= 0.3 is 0 Å². The highest BCUT2D eigenvalue weighted by molar-refractivity contribution is 7.99. The summed E-state index contributed by atoms with van der Waals surface area (Å²) in [4.78, 5) is 7.89. The van der Waals surface area contributed by atoms with Crippen LogP contribution in [-0.2, 0) is 11.8 Å². The third-order valence-electron chi connectivity index (χ3n) is 4.14. The van der Waals surface area contributed by atoms with Gasteiger partial charge in [0.2, 0.25) is 0 Å². The first-order chi connectivity index (χ1) is 12.7. The molecular formula is C18H24ClN5OS. The Balaban J connectivity index is 1.48. The molecule has 6 nitrogen and oxygen atoms in total. The third kappa shape index (κ3) is 5.16. The summed E-state index contributed by atoms with van der Waals surface area (Å²) in [7, 11) is 3.74. The number of morpholine rings is 1. The molecule has 0 spiro atoms. The van der Waals surface area contributed by atoms with E-state index in [1.54, 1.807) is 16.4 Å². The van der Waals surface area contributed by atoms with Gasteiger partial charge in [0.05, 0.1) is 19.3 Å². The van der Waals surface area contributed by atoms with Crippen molar-refractivity contribution >= 4 is 29.3 Å². The molecule has 1 aromatic heterocycles. The quantitative estimate of drug-likeness (QED) is 0.366. The minimum absolute atomic E-state index is 0.0273. The van der Waals surface area contributed by atoms with Crippen LogP contribution in [0.4, 0.5) is 0 Å². The molecule has 0 aliphatic carbocycles. The molecule has 0 amide bonds. The van der Waals surface area contributed by atoms with Crippen molar-refractivity contribution in [3.63, 3.8) is 0 Å². The lowest BCUT2D eigenvalue weighted by molar-refractivity contribution is -0.00798. The minimum Gasteiger partial charge on any atom is -0.370 e. The van der Waals surface area contributed by atoms with Crippen molar-refractivity contribution in [3.05, 3.63) is 47.2 Å². The summed E-state index contributed by atoms with van der Waals surface area (Å²) < 4.78 is 7.71. The topological polar surface area (TPSA) is 54.7 Å². The largest absolute Gasteiger partial charge is 0.370 e. The number of aromatic nitrogens is 2. The van der Waals surface area contributed by atoms with Crippen LogP contribution in [0.1, 0.15) is 11.7 Å². The summed E-state index contributed by atoms with van der Waals surface area (Å²) in [6.07, 6.45) is 3.90. The number of guanidine groups is 1. The molecule has 1 fully saturated rings. The molecule has 1 unspecified atom stereocenters. The van der Waals surface area contributed by atoms with Crippen LogP contribution in [0, 0.1) is 0 Å². The van der Waals surface area contributed by atoms with Gasteiger partial charge in [-0.3, -0.25) is 9.67 Å². The molecule has 0 bridgehead atoms. The Bertz CT molecular complexity index is 733. The van der Waals surface area contributed by atoms with Crippen LogP contribution in [0.3, 0.4) is 0 Å². The number of nitrogens with one attached hydrogen (secondary N) is 1. The van der Waals surface area contributed by atoms with Crippen LogP contribution >= 0.6 is 23.4 Å². The van der Waals surface area contributed by atoms with Gasteiger partial charge < -0.3 is 15.0 Å². The molecule has 2 heterocycles. The zero-order valence-electron chi connectivity index (χ0n) is 15.1. The Morgan fingerprint density at radius 1 is 1.42 bits per heavy atom. The average molecular weight is 394 g/mol. The summed E-state index contributed by atoms with van der Waals surface area (Å²) in [6.45, 7) is 3.13. The van der Waals surface area contributed by atoms with E-state index in [9.17, 15) is 0 Å². The monoisotopic (exact) mass is 393 g/mol. The first-order valence-corrected chi connectivity index (χ1v) is 9.96. The number of halogens is 1. The average Bonchev–Trinajstić information content (AvgIpc) is 3.10. The normalized spacial score (nSPS) is 18.2. The van der Waals surface area contributed by atoms with Crippen molar-refractivity contribution in [1.29, 1.82) is 0 Å². The lowest BCUT2D eigenvalue weighted by Crippen LogP contribution is -2.48. The number of nitrogens with zero attached hydrogens (tertiary/aromatic N) is 4. The summed E-state index contributed by atoms with van der Waals surface area (Å²) in [6, 6.07) is 7.93. The first-order valence-electron chi connectivity index (χ1n) is 8.60. The van der Waals surface area contributed by atoms with Crippen molar-refractivity contribution < 1.29 is 4.74 Å². The second-order valence-corrected chi connectivity index (χ2v) is 7.63. The van der Waals surface area contributed by atoms with Gasteiger partial charge in [-0.05, 0) is 24.3 Å². The van der Waals surface area contributed by atoms with E-state index in [0.29, 0.717) is 6.61 Å². The second-order valence-electron chi connectivity index (χ2n) is 6.03. The Labute approximate surface area is 163 Å². The first kappa shape index (κ1) is 19.1. The predicted octanol–water partition coefficient (Wildman–Crippen LogP) is 2.81. The molecule has 0 saturated carbocycles. The fraction of sp³-hybridized carbons (Fsp3) is 0.444. The maximum absolute atomic E-state index is 5.92. The highest BCUT2D eigenvalue weighted by Gasteiger charge is 2.24. The van der Waals surface area contributed by atoms with E-state index >= 15 is 0 Å². The number of rotatable bonds is 5. The number of aryl methyl sites for hydroxylation is 1. The maximum atomic E-state index is 5.92. The molecular weight excluding hydrogens is 370 g/mol. The van der Waals surface area contributed by atoms with Crippen molar-refractivity contribution in [2.45, 2.75) is 11.0 Å². The zero-order valence-corrected chi connectivity index (χ0v) is 16.6. The van der Waals surface area contributed by atoms with Crippen LogP contribution in [0.5, 0.6) is 0 Å². The highest BCUT2D eigenvalue weighted by atomic mass is 35.5. The highest BCUT2D eigenvalue weighted by Crippen LogP contribution is 2.22. The van der Waals surface area contributed by atoms with Gasteiger partial charge in [0.1, 0.15) is 6.10 Å². The number of hydrogen-bond acceptors (Lipinski definition) is 4. The van der Waals surface area contributed by atoms with Gasteiger partial charge in [-0.1, -0.05) is 11.6 Å². The predicted molar refractivity (Wildman–Crippen MR) is 107 cm³/mol. The van der Waals surface area contributed by atoms with Crippen molar-refractivity contribution in [2.24, 2.45) is 12.0 Å². The van der Waals surface area contributed by atoms with Crippen LogP contribution in [0.15, 0.2) is 46.5 Å². The molecule has 1 atom stereocenters. The van der Waals surface area contributed by atoms with E-state index in [1.165, 1.54) is 4.90 Å². The molecule has 1 aromatic carbocycles. The molecule has 8 heteroatoms. The second kappa shape index (κ2) is 9.30. The lowest BCUT2D eigenvalue weighted by Gasteiger charge is -2.34. The van der Waals surface area contributed by atoms with Gasteiger partial charge in [-0.2, -0.15) is 5.10 Å². The fourth-order valence-corrected chi connectivity index (χ4v) is 3.74. The van der Waals surface area contributed by atoms with E-state index in [-0.39, 0.29) is 6.10 Å². The Morgan fingerprint density at radius 3 is 2.92 bits per heavy atom. The van der Waals surface area contributed by atoms with E-state index in [2.05, 4.69) is 20.3 Å². The maximum Gasteiger partial charge on any atom is 0.193 e. The zero-order chi connectivity index (χ0) is 18.4. The molecule has 140 valence electrons. The summed E-state index contributed by atoms with van der Waals surface area (Å²) >= 11 is 7.72. The van der Waals surface area contributed by atoms with Crippen LogP contribution < -0.4 is 5.32 Å². The van der Waals surface area contributed by atoms with Gasteiger partial charge in [-0.25, -0.2) is 0 Å². The number of thioether (sulfide) groups is 1. The van der Waals surface area contributed by atoms with E-state index in [1.807, 2.05) is 50.8 Å². The molecule has 26 heavy (non-hydrogen) atoms. The van der Waals surface area contributed by atoms with Gasteiger partial charge in [0, 0.05) is 54.6 Å². The van der Waals surface area contributed by atoms with Gasteiger partial charge in [0.15, 0.2) is 5.96 Å². The smallest absolute Gasteiger partial charge is 0.193 e. The molecule has 1 aliphatic rings. The molecule has 0 radical (unpaired) electrons. The fourth-order valence-electron chi connectivity index (χ4n) is 2.84. The summed E-state index contributed by atoms with van der Waals surface area (Å²) in [5.41, 5.74) is 1.10. The molecule has 1 aliphatic heterocycles. The van der Waals surface area contributed by atoms with Crippen molar-refractivity contribution in [1.82, 2.24) is 20.0 Å². The third-order valence-corrected chi connectivity index (χ3v) is 5.41. The lowest BCUT2D eigenvalue weighted by atomic mass is 10.1. The SMILES string of the molecule is CN=C(NCCSc1ccc(Cl)cc1)N1CCOC(c2cnn(C)c2)C1. The van der Waals surface area contributed by atoms with E-state index < -0.39 is 0 Å². The Morgan fingerprint density at radius 2 is 2.23 bits per heavy atom. The van der Waals surface area contributed by atoms with Crippen LogP contribution in [0.2, 0.25) is 5.02 Å². The number of benzene rings is 1. The number of hydrogen-bond donors (Lipinski definition) is 1. The number of aliphatic imine (C=N–C) groups is 1. The standard InChI is InChI=1S/C18H24ClN5OS/c1-20-18(21-7-10-26-16-5-3-15(19)4-6-16)24-8-9-25-17(13-24)14-11-22-23(2)12-14/h3-6,11-12,17H,7-10,13H2,1-2H3,(H,20,21). The van der Waals surface area contributed by atoms with Gasteiger partial charge in [0.25, 0.3) is 0 Å². The summed E-state index contributed by atoms with van der Waals surface area (Å²) in [5.74, 6) is 1.87. The van der Waals surface area contributed by atoms with Crippen LogP contribution in [0.25, 0.3) is 0 Å². The van der Waals surface area contributed by atoms with Gasteiger partial charge in [-0.15, -0.1) is 11.8 Å². The molecule has 3 rings (SSSR count). The Hall–Kier alpha value is -1.70. The molecule has 1 N–H and O–H groups in total. The van der Waals surface area contributed by atoms with E-state index in [4.69, 9.17) is 16.3 Å². The van der Waals surface area contributed by atoms with Crippen molar-refractivity contribution in [3.8, 4) is 0 Å². The number of ether oxygens (including phenoxy) is 1. The Kier molecular flexibility index (Phi) is 6.82. The van der Waals surface area contributed by atoms with E-state index in [0.717, 1.165) is 41.9 Å². The summed E-state index contributed by atoms with van der Waals surface area (Å²) in [5, 5.41) is 8.46. The minimum atomic E-state index is 0.0273. The van der Waals surface area contributed by atoms with Crippen LogP contribution in [-0.4, -0.2) is 59.7 Å². The van der Waals surface area contributed by atoms with Crippen molar-refractivity contribution in [2.75, 3.05) is 39.0 Å². The molecule has 2 aromatic rings. The molecule has 1 saturated heterocycles.